The Labute approximate surface area is 220 Å². The minimum atomic E-state index is -0.551. The summed E-state index contributed by atoms with van der Waals surface area (Å²) in [5.41, 5.74) is 11.7. The van der Waals surface area contributed by atoms with E-state index in [1.165, 1.54) is 5.01 Å². The van der Waals surface area contributed by atoms with Crippen LogP contribution in [0.15, 0.2) is 53.0 Å². The van der Waals surface area contributed by atoms with E-state index in [1.54, 1.807) is 32.0 Å². The average molecular weight is 517 g/mol. The van der Waals surface area contributed by atoms with Crippen LogP contribution in [0.5, 0.6) is 0 Å². The largest absolute Gasteiger partial charge is 0.372 e. The van der Waals surface area contributed by atoms with E-state index in [0.717, 1.165) is 41.1 Å². The summed E-state index contributed by atoms with van der Waals surface area (Å²) < 4.78 is 5.87. The molecule has 2 aromatic heterocycles. The van der Waals surface area contributed by atoms with Gasteiger partial charge in [-0.2, -0.15) is 10.6 Å². The van der Waals surface area contributed by atoms with Gasteiger partial charge >= 0.3 is 0 Å². The quantitative estimate of drug-likeness (QED) is 0.375. The molecule has 1 aromatic carbocycles. The summed E-state index contributed by atoms with van der Waals surface area (Å²) >= 11 is 0. The predicted octanol–water partition coefficient (Wildman–Crippen LogP) is 3.97. The van der Waals surface area contributed by atoms with Crippen LogP contribution < -0.4 is 10.2 Å². The van der Waals surface area contributed by atoms with Gasteiger partial charge in [0.15, 0.2) is 0 Å². The molecule has 0 saturated carbocycles. The zero-order valence-electron chi connectivity index (χ0n) is 22.1. The van der Waals surface area contributed by atoms with Gasteiger partial charge < -0.3 is 19.9 Å². The number of carbonyl (C=O) groups is 1. The number of benzene rings is 1. The molecule has 0 spiro atoms. The summed E-state index contributed by atoms with van der Waals surface area (Å²) in [6, 6.07) is 9.01. The molecule has 4 heterocycles. The summed E-state index contributed by atoms with van der Waals surface area (Å²) in [6.07, 6.45) is 2.04. The maximum absolute atomic E-state index is 13.4. The molecule has 2 unspecified atom stereocenters. The zero-order valence-corrected chi connectivity index (χ0v) is 22.1. The van der Waals surface area contributed by atoms with Crippen molar-refractivity contribution in [2.75, 3.05) is 30.4 Å². The highest BCUT2D eigenvalue weighted by Crippen LogP contribution is 2.32. The number of H-pyrrole nitrogens is 1. The monoisotopic (exact) mass is 516 g/mol. The fraction of sp³-hybridized carbons (Fsp3) is 0.385. The van der Waals surface area contributed by atoms with Crippen molar-refractivity contribution < 1.29 is 9.53 Å². The smallest absolute Gasteiger partial charge is 0.255 e. The lowest BCUT2D eigenvalue weighted by Crippen LogP contribution is -2.50. The fourth-order valence-corrected chi connectivity index (χ4v) is 5.20. The summed E-state index contributed by atoms with van der Waals surface area (Å²) in [4.78, 5) is 21.7. The molecule has 1 saturated heterocycles. The van der Waals surface area contributed by atoms with Crippen LogP contribution in [-0.4, -0.2) is 75.3 Å². The van der Waals surface area contributed by atoms with Gasteiger partial charge in [0, 0.05) is 48.7 Å². The van der Waals surface area contributed by atoms with Crippen molar-refractivity contribution in [3.05, 3.63) is 47.8 Å². The first-order chi connectivity index (χ1) is 18.2. The topological polar surface area (TPSA) is 150 Å². The maximum atomic E-state index is 13.4. The molecular formula is C26H32N10O2. The van der Waals surface area contributed by atoms with E-state index < -0.39 is 6.04 Å². The van der Waals surface area contributed by atoms with E-state index in [2.05, 4.69) is 44.5 Å². The Balaban J connectivity index is 1.44. The van der Waals surface area contributed by atoms with Gasteiger partial charge in [0.25, 0.3) is 5.91 Å². The minimum absolute atomic E-state index is 0.0451. The number of morpholine rings is 1. The molecule has 3 atom stereocenters. The zero-order chi connectivity index (χ0) is 27.1. The first kappa shape index (κ1) is 25.3. The number of carbonyl (C=O) groups excluding carboxylic acids is 1. The summed E-state index contributed by atoms with van der Waals surface area (Å²) in [5.74, 6) is 0.607. The number of nitrogens with zero attached hydrogens (tertiary/aromatic N) is 6. The molecule has 5 rings (SSSR count). The van der Waals surface area contributed by atoms with Crippen LogP contribution in [0.2, 0.25) is 0 Å². The van der Waals surface area contributed by atoms with E-state index in [0.29, 0.717) is 17.0 Å². The first-order valence-electron chi connectivity index (χ1n) is 12.5. The maximum Gasteiger partial charge on any atom is 0.255 e. The van der Waals surface area contributed by atoms with Gasteiger partial charge in [-0.1, -0.05) is 5.22 Å². The Bertz CT molecular complexity index is 1440. The Morgan fingerprint density at radius 3 is 2.63 bits per heavy atom. The van der Waals surface area contributed by atoms with Crippen molar-refractivity contribution in [3.63, 3.8) is 0 Å². The second-order valence-electron chi connectivity index (χ2n) is 9.85. The van der Waals surface area contributed by atoms with E-state index in [-0.39, 0.29) is 24.1 Å². The summed E-state index contributed by atoms with van der Waals surface area (Å²) in [7, 11) is 1.68. The number of fused-ring (bicyclic) bond motifs is 1. The Hall–Kier alpha value is -4.32. The van der Waals surface area contributed by atoms with E-state index in [4.69, 9.17) is 15.7 Å². The third-order valence-corrected chi connectivity index (χ3v) is 7.15. The molecule has 1 fully saturated rings. The number of anilines is 2. The Kier molecular flexibility index (Phi) is 6.57. The van der Waals surface area contributed by atoms with E-state index in [1.807, 2.05) is 30.3 Å². The predicted molar refractivity (Wildman–Crippen MR) is 145 cm³/mol. The number of hydrogen-bond acceptors (Lipinski definition) is 8. The van der Waals surface area contributed by atoms with Crippen LogP contribution in [0, 0.1) is 10.9 Å². The second-order valence-corrected chi connectivity index (χ2v) is 9.85. The number of aromatic nitrogens is 3. The molecule has 1 amide bonds. The SMILES string of the molecule is CC1=C(C(=O)Nc2ccc3[nH]nc(-c4ccnc(N5CC(C)OC(C)C5)c4)c3c2)[C@@H](C)N(N=N)C(=N)N1C. The van der Waals surface area contributed by atoms with Crippen LogP contribution in [-0.2, 0) is 9.53 Å². The normalized spacial score (nSPS) is 22.3. The Morgan fingerprint density at radius 1 is 1.18 bits per heavy atom. The number of amides is 1. The standard InChI is InChI=1S/C26H32N10O2/c1-14-12-35(13-15(2)38-14)22-10-18(8-9-29-22)24-20-11-19(6-7-21(20)31-32-24)30-25(37)23-16(3)34(5)26(27)36(33-28)17(23)4/h6-11,14-15,17,27-28H,12-13H2,1-5H3,(H,30,37)(H,31,32)/t14?,15?,17-/m1/s1. The van der Waals surface area contributed by atoms with Crippen LogP contribution in [0.1, 0.15) is 27.7 Å². The van der Waals surface area contributed by atoms with Gasteiger partial charge in [-0.05, 0) is 58.0 Å². The number of allylic oxidation sites excluding steroid dienone is 1. The van der Waals surface area contributed by atoms with Crippen LogP contribution >= 0.6 is 0 Å². The van der Waals surface area contributed by atoms with E-state index in [9.17, 15) is 4.79 Å². The molecular weight excluding hydrogens is 484 g/mol. The highest BCUT2D eigenvalue weighted by Gasteiger charge is 2.35. The number of hydrogen-bond donors (Lipinski definition) is 4. The third-order valence-electron chi connectivity index (χ3n) is 7.15. The first-order valence-corrected chi connectivity index (χ1v) is 12.5. The van der Waals surface area contributed by atoms with Crippen molar-refractivity contribution in [1.82, 2.24) is 25.1 Å². The van der Waals surface area contributed by atoms with Gasteiger partial charge in [0.2, 0.25) is 5.96 Å². The molecule has 198 valence electrons. The molecule has 0 bridgehead atoms. The molecule has 0 aliphatic carbocycles. The Morgan fingerprint density at radius 2 is 1.92 bits per heavy atom. The van der Waals surface area contributed by atoms with Gasteiger partial charge in [0.1, 0.15) is 11.5 Å². The number of rotatable bonds is 5. The van der Waals surface area contributed by atoms with Gasteiger partial charge in [-0.3, -0.25) is 15.3 Å². The van der Waals surface area contributed by atoms with E-state index >= 15 is 0 Å². The van der Waals surface area contributed by atoms with Crippen molar-refractivity contribution in [2.24, 2.45) is 5.22 Å². The second kappa shape index (κ2) is 9.86. The summed E-state index contributed by atoms with van der Waals surface area (Å²) in [6.45, 7) is 9.21. The van der Waals surface area contributed by atoms with Crippen LogP contribution in [0.25, 0.3) is 22.2 Å². The molecule has 3 aromatic rings. The molecule has 2 aliphatic heterocycles. The lowest BCUT2D eigenvalue weighted by molar-refractivity contribution is -0.113. The average Bonchev–Trinajstić information content (AvgIpc) is 3.31. The van der Waals surface area contributed by atoms with Crippen molar-refractivity contribution >= 4 is 34.3 Å². The van der Waals surface area contributed by atoms with Crippen LogP contribution in [0.3, 0.4) is 0 Å². The lowest BCUT2D eigenvalue weighted by atomic mass is 10.0. The highest BCUT2D eigenvalue weighted by molar-refractivity contribution is 6.08. The molecule has 38 heavy (non-hydrogen) atoms. The number of aromatic amines is 1. The van der Waals surface area contributed by atoms with Crippen LogP contribution in [0.4, 0.5) is 11.5 Å². The van der Waals surface area contributed by atoms with Crippen molar-refractivity contribution in [2.45, 2.75) is 45.9 Å². The number of nitrogens with one attached hydrogen (secondary N) is 4. The molecule has 4 N–H and O–H groups in total. The minimum Gasteiger partial charge on any atom is -0.372 e. The van der Waals surface area contributed by atoms with Gasteiger partial charge in [-0.25, -0.2) is 9.99 Å². The fourth-order valence-electron chi connectivity index (χ4n) is 5.20. The van der Waals surface area contributed by atoms with Gasteiger partial charge in [-0.15, -0.1) is 0 Å². The highest BCUT2D eigenvalue weighted by atomic mass is 16.5. The number of ether oxygens (including phenoxy) is 1. The van der Waals surface area contributed by atoms with Gasteiger partial charge in [0.05, 0.1) is 29.3 Å². The number of pyridine rings is 1. The molecule has 0 radical (unpaired) electrons. The third kappa shape index (κ3) is 4.47. The lowest BCUT2D eigenvalue weighted by Gasteiger charge is -2.38. The molecule has 12 nitrogen and oxygen atoms in total. The number of guanidine groups is 1. The summed E-state index contributed by atoms with van der Waals surface area (Å²) in [5, 5.41) is 24.3. The van der Waals surface area contributed by atoms with Crippen molar-refractivity contribution in [1.29, 1.82) is 10.9 Å². The molecule has 12 heteroatoms. The van der Waals surface area contributed by atoms with Crippen molar-refractivity contribution in [3.8, 4) is 11.3 Å². The molecule has 2 aliphatic rings.